The molecule has 1 fully saturated rings. The van der Waals surface area contributed by atoms with Gasteiger partial charge in [0.05, 0.1) is 13.2 Å². The predicted octanol–water partition coefficient (Wildman–Crippen LogP) is 1.09. The fourth-order valence-electron chi connectivity index (χ4n) is 2.51. The Morgan fingerprint density at radius 3 is 2.70 bits per heavy atom. The maximum atomic E-state index is 12.4. The molecule has 1 aliphatic rings. The van der Waals surface area contributed by atoms with Gasteiger partial charge in [-0.1, -0.05) is 0 Å². The minimum absolute atomic E-state index is 0.0641. The van der Waals surface area contributed by atoms with Crippen molar-refractivity contribution >= 4 is 10.0 Å². The van der Waals surface area contributed by atoms with Crippen LogP contribution in [0.4, 0.5) is 0 Å². The van der Waals surface area contributed by atoms with Crippen LogP contribution < -0.4 is 4.72 Å². The fraction of sp³-hybridized carbons (Fsp3) is 0.692. The van der Waals surface area contributed by atoms with Gasteiger partial charge in [0.2, 0.25) is 10.0 Å². The van der Waals surface area contributed by atoms with Crippen LogP contribution in [0.2, 0.25) is 0 Å². The highest BCUT2D eigenvalue weighted by Crippen LogP contribution is 2.26. The summed E-state index contributed by atoms with van der Waals surface area (Å²) in [5.74, 6) is 0.940. The van der Waals surface area contributed by atoms with Crippen LogP contribution in [0, 0.1) is 19.8 Å². The molecule has 1 unspecified atom stereocenters. The number of rotatable bonds is 5. The number of aliphatic hydroxyl groups is 1. The van der Waals surface area contributed by atoms with Gasteiger partial charge in [-0.05, 0) is 32.6 Å². The number of nitrogens with one attached hydrogen (secondary N) is 1. The molecule has 0 bridgehead atoms. The maximum absolute atomic E-state index is 12.4. The number of sulfonamides is 1. The van der Waals surface area contributed by atoms with Crippen molar-refractivity contribution < 1.29 is 22.7 Å². The first kappa shape index (κ1) is 15.5. The van der Waals surface area contributed by atoms with E-state index >= 15 is 0 Å². The molecule has 0 radical (unpaired) electrons. The average molecular weight is 303 g/mol. The summed E-state index contributed by atoms with van der Waals surface area (Å²) in [5.41, 5.74) is 0.329. The minimum atomic E-state index is -3.67. The topological polar surface area (TPSA) is 88.8 Å². The number of aryl methyl sites for hydroxylation is 2. The molecule has 2 heterocycles. The molecule has 6 nitrogen and oxygen atoms in total. The normalized spacial score (nSPS) is 20.2. The van der Waals surface area contributed by atoms with Gasteiger partial charge in [0.1, 0.15) is 16.4 Å². The molecule has 7 heteroatoms. The van der Waals surface area contributed by atoms with Crippen molar-refractivity contribution in [1.29, 1.82) is 0 Å². The van der Waals surface area contributed by atoms with Crippen LogP contribution in [0.3, 0.4) is 0 Å². The third-order valence-electron chi connectivity index (χ3n) is 3.57. The van der Waals surface area contributed by atoms with Crippen LogP contribution in [0.25, 0.3) is 0 Å². The van der Waals surface area contributed by atoms with Crippen molar-refractivity contribution in [2.75, 3.05) is 19.8 Å². The third-order valence-corrected chi connectivity index (χ3v) is 5.19. The van der Waals surface area contributed by atoms with E-state index in [4.69, 9.17) is 9.15 Å². The van der Waals surface area contributed by atoms with Crippen molar-refractivity contribution in [3.05, 3.63) is 17.1 Å². The van der Waals surface area contributed by atoms with Crippen LogP contribution in [0.5, 0.6) is 0 Å². The molecule has 1 aromatic heterocycles. The largest absolute Gasteiger partial charge is 0.465 e. The Bertz CT molecular complexity index is 558. The summed E-state index contributed by atoms with van der Waals surface area (Å²) in [6.07, 6.45) is 1.91. The lowest BCUT2D eigenvalue weighted by Crippen LogP contribution is -2.33. The van der Waals surface area contributed by atoms with Crippen LogP contribution in [0.1, 0.15) is 29.9 Å². The molecule has 0 saturated carbocycles. The molecular formula is C13H21NO5S. The molecule has 2 rings (SSSR count). The first-order chi connectivity index (χ1) is 9.45. The molecule has 0 amide bonds. The zero-order valence-electron chi connectivity index (χ0n) is 11.8. The lowest BCUT2D eigenvalue weighted by molar-refractivity contribution is 0.0568. The molecule has 0 aliphatic carbocycles. The van der Waals surface area contributed by atoms with Gasteiger partial charge in [0, 0.05) is 18.7 Å². The van der Waals surface area contributed by atoms with Gasteiger partial charge >= 0.3 is 0 Å². The van der Waals surface area contributed by atoms with Crippen LogP contribution in [-0.2, 0) is 21.4 Å². The van der Waals surface area contributed by atoms with Gasteiger partial charge in [-0.2, -0.15) is 0 Å². The van der Waals surface area contributed by atoms with Gasteiger partial charge in [-0.25, -0.2) is 13.1 Å². The highest BCUT2D eigenvalue weighted by molar-refractivity contribution is 7.89. The van der Waals surface area contributed by atoms with E-state index in [0.717, 1.165) is 19.4 Å². The summed E-state index contributed by atoms with van der Waals surface area (Å²) in [7, 11) is -3.67. The van der Waals surface area contributed by atoms with E-state index in [1.165, 1.54) is 0 Å². The monoisotopic (exact) mass is 303 g/mol. The van der Waals surface area contributed by atoms with Gasteiger partial charge in [0.15, 0.2) is 0 Å². The SMILES string of the molecule is Cc1oc(C)c(S(=O)(=O)NCC2CCCOC2)c1CO. The van der Waals surface area contributed by atoms with E-state index in [1.54, 1.807) is 13.8 Å². The summed E-state index contributed by atoms with van der Waals surface area (Å²) in [6, 6.07) is 0. The van der Waals surface area contributed by atoms with E-state index in [1.807, 2.05) is 0 Å². The number of hydrogen-bond acceptors (Lipinski definition) is 5. The smallest absolute Gasteiger partial charge is 0.244 e. The quantitative estimate of drug-likeness (QED) is 0.850. The molecule has 1 saturated heterocycles. The summed E-state index contributed by atoms with van der Waals surface area (Å²) in [4.78, 5) is 0.0641. The Labute approximate surface area is 119 Å². The van der Waals surface area contributed by atoms with Crippen molar-refractivity contribution in [2.45, 2.75) is 38.2 Å². The predicted molar refractivity (Wildman–Crippen MR) is 72.8 cm³/mol. The van der Waals surface area contributed by atoms with Crippen molar-refractivity contribution in [3.63, 3.8) is 0 Å². The molecule has 1 atom stereocenters. The lowest BCUT2D eigenvalue weighted by Gasteiger charge is -2.22. The number of furan rings is 1. The first-order valence-electron chi connectivity index (χ1n) is 6.73. The molecule has 0 spiro atoms. The van der Waals surface area contributed by atoms with Crippen molar-refractivity contribution in [2.24, 2.45) is 5.92 Å². The van der Waals surface area contributed by atoms with E-state index in [-0.39, 0.29) is 17.4 Å². The summed E-state index contributed by atoms with van der Waals surface area (Å²) >= 11 is 0. The van der Waals surface area contributed by atoms with Gasteiger partial charge in [-0.3, -0.25) is 0 Å². The molecule has 1 aromatic rings. The molecule has 114 valence electrons. The Hall–Kier alpha value is -0.890. The Balaban J connectivity index is 2.13. The molecule has 20 heavy (non-hydrogen) atoms. The zero-order chi connectivity index (χ0) is 14.8. The van der Waals surface area contributed by atoms with E-state index in [0.29, 0.717) is 30.2 Å². The van der Waals surface area contributed by atoms with Gasteiger partial charge < -0.3 is 14.3 Å². The Morgan fingerprint density at radius 2 is 2.10 bits per heavy atom. The van der Waals surface area contributed by atoms with Crippen molar-refractivity contribution in [3.8, 4) is 0 Å². The summed E-state index contributed by atoms with van der Waals surface area (Å²) in [6.45, 7) is 4.55. The second kappa shape index (κ2) is 6.26. The molecule has 0 aromatic carbocycles. The summed E-state index contributed by atoms with van der Waals surface area (Å²) in [5, 5.41) is 9.32. The van der Waals surface area contributed by atoms with Crippen LogP contribution in [-0.4, -0.2) is 33.3 Å². The van der Waals surface area contributed by atoms with E-state index < -0.39 is 10.0 Å². The lowest BCUT2D eigenvalue weighted by atomic mass is 10.0. The van der Waals surface area contributed by atoms with Crippen molar-refractivity contribution in [1.82, 2.24) is 4.72 Å². The van der Waals surface area contributed by atoms with Crippen LogP contribution in [0.15, 0.2) is 9.31 Å². The van der Waals surface area contributed by atoms with E-state index in [2.05, 4.69) is 4.72 Å². The van der Waals surface area contributed by atoms with E-state index in [9.17, 15) is 13.5 Å². The van der Waals surface area contributed by atoms with Crippen LogP contribution >= 0.6 is 0 Å². The van der Waals surface area contributed by atoms with Gasteiger partial charge in [0.25, 0.3) is 0 Å². The highest BCUT2D eigenvalue weighted by atomic mass is 32.2. The first-order valence-corrected chi connectivity index (χ1v) is 8.21. The zero-order valence-corrected chi connectivity index (χ0v) is 12.6. The number of ether oxygens (including phenoxy) is 1. The Morgan fingerprint density at radius 1 is 1.35 bits per heavy atom. The Kier molecular flexibility index (Phi) is 4.85. The molecule has 2 N–H and O–H groups in total. The average Bonchev–Trinajstić information content (AvgIpc) is 2.72. The highest BCUT2D eigenvalue weighted by Gasteiger charge is 2.27. The molecule has 1 aliphatic heterocycles. The van der Waals surface area contributed by atoms with Gasteiger partial charge in [-0.15, -0.1) is 0 Å². The number of hydrogen-bond donors (Lipinski definition) is 2. The maximum Gasteiger partial charge on any atom is 0.244 e. The second-order valence-electron chi connectivity index (χ2n) is 5.12. The molecular weight excluding hydrogens is 282 g/mol. The second-order valence-corrected chi connectivity index (χ2v) is 6.82. The summed E-state index contributed by atoms with van der Waals surface area (Å²) < 4.78 is 38.0. The number of aliphatic hydroxyl groups excluding tert-OH is 1. The fourth-order valence-corrected chi connectivity index (χ4v) is 4.06. The third kappa shape index (κ3) is 3.22. The minimum Gasteiger partial charge on any atom is -0.465 e. The standard InChI is InChI=1S/C13H21NO5S/c1-9-12(7-15)13(10(2)19-9)20(16,17)14-6-11-4-3-5-18-8-11/h11,14-15H,3-8H2,1-2H3.